The van der Waals surface area contributed by atoms with Gasteiger partial charge in [0.2, 0.25) is 17.8 Å². The molecule has 1 aromatic heterocycles. The largest absolute Gasteiger partial charge is 0.353 e. The Kier molecular flexibility index (Phi) is 5.41. The molecule has 0 spiro atoms. The Bertz CT molecular complexity index is 922. The van der Waals surface area contributed by atoms with E-state index in [1.807, 2.05) is 54.3 Å². The molecule has 0 radical (unpaired) electrons. The number of guanidine groups is 1. The minimum absolute atomic E-state index is 0.0506. The van der Waals surface area contributed by atoms with E-state index in [0.717, 1.165) is 24.5 Å². The summed E-state index contributed by atoms with van der Waals surface area (Å²) in [6.45, 7) is 4.90. The molecule has 0 unspecified atom stereocenters. The molecule has 0 saturated carbocycles. The first-order valence-corrected chi connectivity index (χ1v) is 9.74. The van der Waals surface area contributed by atoms with Gasteiger partial charge in [-0.2, -0.15) is 0 Å². The molecule has 4 rings (SSSR count). The molecule has 2 amide bonds. The first kappa shape index (κ1) is 18.9. The number of anilines is 2. The maximum Gasteiger partial charge on any atom is 0.249 e. The normalized spacial score (nSPS) is 19.4. The molecule has 2 N–H and O–H groups in total. The first-order valence-electron chi connectivity index (χ1n) is 9.74. The molecule has 1 atom stereocenters. The predicted molar refractivity (Wildman–Crippen MR) is 112 cm³/mol. The van der Waals surface area contributed by atoms with E-state index < -0.39 is 6.04 Å². The van der Waals surface area contributed by atoms with Crippen molar-refractivity contribution in [2.75, 3.05) is 36.4 Å². The Morgan fingerprint density at radius 2 is 1.90 bits per heavy atom. The zero-order chi connectivity index (χ0) is 20.2. The summed E-state index contributed by atoms with van der Waals surface area (Å²) >= 11 is 0. The number of aliphatic imine (C=N–C) groups is 1. The fourth-order valence-electron chi connectivity index (χ4n) is 3.53. The van der Waals surface area contributed by atoms with Gasteiger partial charge in [-0.15, -0.1) is 0 Å². The zero-order valence-electron chi connectivity index (χ0n) is 16.3. The second kappa shape index (κ2) is 8.30. The Morgan fingerprint density at radius 3 is 2.62 bits per heavy atom. The maximum absolute atomic E-state index is 12.7. The van der Waals surface area contributed by atoms with Crippen LogP contribution in [0, 0.1) is 6.92 Å². The molecule has 29 heavy (non-hydrogen) atoms. The van der Waals surface area contributed by atoms with Crippen molar-refractivity contribution in [2.45, 2.75) is 19.4 Å². The third-order valence-electron chi connectivity index (χ3n) is 5.05. The number of carbonyl (C=O) groups is 2. The molecule has 2 aromatic rings. The summed E-state index contributed by atoms with van der Waals surface area (Å²) in [5.41, 5.74) is 1.76. The van der Waals surface area contributed by atoms with E-state index in [1.165, 1.54) is 0 Å². The number of benzene rings is 1. The number of amides is 2. The van der Waals surface area contributed by atoms with Gasteiger partial charge in [0.1, 0.15) is 11.9 Å². The lowest BCUT2D eigenvalue weighted by Crippen LogP contribution is -2.56. The summed E-state index contributed by atoms with van der Waals surface area (Å²) in [5, 5.41) is 5.69. The van der Waals surface area contributed by atoms with Crippen LogP contribution in [0.25, 0.3) is 0 Å². The van der Waals surface area contributed by atoms with Crippen LogP contribution >= 0.6 is 0 Å². The van der Waals surface area contributed by atoms with Crippen molar-refractivity contribution in [2.24, 2.45) is 4.99 Å². The second-order valence-electron chi connectivity index (χ2n) is 7.24. The van der Waals surface area contributed by atoms with Crippen LogP contribution in [0.15, 0.2) is 53.7 Å². The third kappa shape index (κ3) is 4.53. The van der Waals surface area contributed by atoms with E-state index in [4.69, 9.17) is 0 Å². The highest BCUT2D eigenvalue weighted by molar-refractivity contribution is 6.06. The molecule has 3 heterocycles. The minimum Gasteiger partial charge on any atom is -0.353 e. The number of pyridine rings is 1. The van der Waals surface area contributed by atoms with Gasteiger partial charge in [-0.05, 0) is 36.8 Å². The van der Waals surface area contributed by atoms with Crippen molar-refractivity contribution in [3.8, 4) is 0 Å². The van der Waals surface area contributed by atoms with Crippen LogP contribution in [0.4, 0.5) is 11.5 Å². The fourth-order valence-corrected chi connectivity index (χ4v) is 3.53. The van der Waals surface area contributed by atoms with Crippen molar-refractivity contribution >= 4 is 29.3 Å². The van der Waals surface area contributed by atoms with E-state index >= 15 is 0 Å². The molecule has 1 aromatic carbocycles. The van der Waals surface area contributed by atoms with Gasteiger partial charge in [-0.3, -0.25) is 14.9 Å². The van der Waals surface area contributed by atoms with E-state index in [9.17, 15) is 9.59 Å². The number of piperazine rings is 1. The minimum atomic E-state index is -0.729. The fraction of sp³-hybridized carbons (Fsp3) is 0.333. The number of aryl methyl sites for hydroxylation is 1. The van der Waals surface area contributed by atoms with E-state index in [2.05, 4.69) is 25.5 Å². The Morgan fingerprint density at radius 1 is 1.10 bits per heavy atom. The number of hydrogen-bond donors (Lipinski definition) is 2. The van der Waals surface area contributed by atoms with Gasteiger partial charge in [0.25, 0.3) is 0 Å². The molecule has 0 bridgehead atoms. The third-order valence-corrected chi connectivity index (χ3v) is 5.05. The molecule has 2 aliphatic heterocycles. The summed E-state index contributed by atoms with van der Waals surface area (Å²) < 4.78 is 0. The van der Waals surface area contributed by atoms with Crippen molar-refractivity contribution < 1.29 is 9.59 Å². The second-order valence-corrected chi connectivity index (χ2v) is 7.24. The SMILES string of the molecule is Cc1cccc(NC(=O)[C@@H]2CC(=O)NC(N3CCN(c4ccccn4)CC3)=N2)c1. The van der Waals surface area contributed by atoms with Crippen LogP contribution in [-0.2, 0) is 9.59 Å². The van der Waals surface area contributed by atoms with Crippen LogP contribution in [0.5, 0.6) is 0 Å². The lowest BCUT2D eigenvalue weighted by Gasteiger charge is -2.38. The highest BCUT2D eigenvalue weighted by Gasteiger charge is 2.30. The molecule has 150 valence electrons. The van der Waals surface area contributed by atoms with Gasteiger partial charge in [0.15, 0.2) is 0 Å². The van der Waals surface area contributed by atoms with Crippen molar-refractivity contribution in [3.63, 3.8) is 0 Å². The number of rotatable bonds is 3. The van der Waals surface area contributed by atoms with E-state index in [-0.39, 0.29) is 18.2 Å². The molecular weight excluding hydrogens is 368 g/mol. The first-order chi connectivity index (χ1) is 14.1. The standard InChI is InChI=1S/C21H24N6O2/c1-15-5-4-6-16(13-15)23-20(29)17-14-19(28)25-21(24-17)27-11-9-26(10-12-27)18-7-2-3-8-22-18/h2-8,13,17H,9-12,14H2,1H3,(H,23,29)(H,24,25,28)/t17-/m0/s1. The highest BCUT2D eigenvalue weighted by Crippen LogP contribution is 2.16. The molecule has 8 heteroatoms. The average molecular weight is 392 g/mol. The van der Waals surface area contributed by atoms with Crippen LogP contribution in [0.1, 0.15) is 12.0 Å². The number of aromatic nitrogens is 1. The van der Waals surface area contributed by atoms with E-state index in [1.54, 1.807) is 6.20 Å². The smallest absolute Gasteiger partial charge is 0.249 e. The number of hydrogen-bond acceptors (Lipinski definition) is 6. The van der Waals surface area contributed by atoms with Crippen molar-refractivity contribution in [1.82, 2.24) is 15.2 Å². The van der Waals surface area contributed by atoms with Crippen molar-refractivity contribution in [1.29, 1.82) is 0 Å². The Hall–Kier alpha value is -3.42. The highest BCUT2D eigenvalue weighted by atomic mass is 16.2. The van der Waals surface area contributed by atoms with Gasteiger partial charge in [-0.1, -0.05) is 18.2 Å². The summed E-state index contributed by atoms with van der Waals surface area (Å²) in [6, 6.07) is 12.7. The van der Waals surface area contributed by atoms with Gasteiger partial charge in [0, 0.05) is 38.1 Å². The monoisotopic (exact) mass is 392 g/mol. The summed E-state index contributed by atoms with van der Waals surface area (Å²) in [7, 11) is 0. The average Bonchev–Trinajstić information content (AvgIpc) is 2.74. The maximum atomic E-state index is 12.7. The van der Waals surface area contributed by atoms with Gasteiger partial charge >= 0.3 is 0 Å². The zero-order valence-corrected chi connectivity index (χ0v) is 16.3. The molecule has 0 aliphatic carbocycles. The molecule has 2 aliphatic rings. The molecular formula is C21H24N6O2. The summed E-state index contributed by atoms with van der Waals surface area (Å²) in [5.74, 6) is 0.963. The summed E-state index contributed by atoms with van der Waals surface area (Å²) in [4.78, 5) is 38.0. The predicted octanol–water partition coefficient (Wildman–Crippen LogP) is 1.40. The van der Waals surface area contributed by atoms with Gasteiger partial charge in [-0.25, -0.2) is 9.98 Å². The molecule has 1 fully saturated rings. The van der Waals surface area contributed by atoms with Crippen LogP contribution in [0.2, 0.25) is 0 Å². The quantitative estimate of drug-likeness (QED) is 0.824. The van der Waals surface area contributed by atoms with Crippen LogP contribution in [0.3, 0.4) is 0 Å². The number of carbonyl (C=O) groups excluding carboxylic acids is 2. The molecule has 1 saturated heterocycles. The summed E-state index contributed by atoms with van der Waals surface area (Å²) in [6.07, 6.45) is 1.83. The number of nitrogens with one attached hydrogen (secondary N) is 2. The number of nitrogens with zero attached hydrogens (tertiary/aromatic N) is 4. The molecule has 8 nitrogen and oxygen atoms in total. The van der Waals surface area contributed by atoms with Crippen LogP contribution < -0.4 is 15.5 Å². The lowest BCUT2D eigenvalue weighted by atomic mass is 10.1. The van der Waals surface area contributed by atoms with Gasteiger partial charge < -0.3 is 15.1 Å². The van der Waals surface area contributed by atoms with E-state index in [0.29, 0.717) is 24.7 Å². The Balaban J connectivity index is 1.41. The Labute approximate surface area is 169 Å². The topological polar surface area (TPSA) is 89.9 Å². The van der Waals surface area contributed by atoms with Crippen molar-refractivity contribution in [3.05, 3.63) is 54.2 Å². The lowest BCUT2D eigenvalue weighted by molar-refractivity contribution is -0.125. The van der Waals surface area contributed by atoms with Crippen LogP contribution in [-0.4, -0.2) is 59.9 Å². The van der Waals surface area contributed by atoms with Gasteiger partial charge in [0.05, 0.1) is 6.42 Å².